The van der Waals surface area contributed by atoms with Crippen molar-refractivity contribution in [2.24, 2.45) is 0 Å². The number of alkyl halides is 3. The summed E-state index contributed by atoms with van der Waals surface area (Å²) in [6.45, 7) is -0.437. The van der Waals surface area contributed by atoms with Crippen molar-refractivity contribution in [2.45, 2.75) is 29.8 Å². The fourth-order valence-electron chi connectivity index (χ4n) is 2.36. The zero-order valence-corrected chi connectivity index (χ0v) is 13.0. The van der Waals surface area contributed by atoms with Crippen LogP contribution in [-0.4, -0.2) is 49.6 Å². The lowest BCUT2D eigenvalue weighted by atomic mass is 10.1. The summed E-state index contributed by atoms with van der Waals surface area (Å²) in [5, 5.41) is 10.5. The number of hydrogen-bond donors (Lipinski definition) is 1. The van der Waals surface area contributed by atoms with Crippen LogP contribution >= 0.6 is 0 Å². The molecule has 0 spiro atoms. The fourth-order valence-corrected chi connectivity index (χ4v) is 2.94. The largest absolute Gasteiger partial charge is 0.523 e. The second kappa shape index (κ2) is 5.92. The van der Waals surface area contributed by atoms with Crippen LogP contribution in [0.3, 0.4) is 0 Å². The molecule has 1 aromatic carbocycles. The summed E-state index contributed by atoms with van der Waals surface area (Å²) in [7, 11) is -6.17. The average Bonchev–Trinajstić information content (AvgIpc) is 2.77. The molecule has 2 heterocycles. The van der Waals surface area contributed by atoms with E-state index in [4.69, 9.17) is 9.47 Å². The number of halogens is 3. The first kappa shape index (κ1) is 18.1. The van der Waals surface area contributed by atoms with Gasteiger partial charge in [-0.05, 0) is 0 Å². The van der Waals surface area contributed by atoms with Crippen LogP contribution in [0.1, 0.15) is 11.9 Å². The van der Waals surface area contributed by atoms with Gasteiger partial charge in [0.2, 0.25) is 11.9 Å². The molecule has 2 saturated heterocycles. The highest BCUT2D eigenvalue weighted by Gasteiger charge is 2.65. The molecule has 2 fully saturated rings. The quantitative estimate of drug-likeness (QED) is 0.458. The van der Waals surface area contributed by atoms with Crippen molar-refractivity contribution in [3.8, 4) is 0 Å². The van der Waals surface area contributed by atoms with E-state index in [1.54, 1.807) is 18.2 Å². The summed E-state index contributed by atoms with van der Waals surface area (Å²) in [6, 6.07) is 7.96. The summed E-state index contributed by atoms with van der Waals surface area (Å²) in [5.74, 6) is -4.29. The van der Waals surface area contributed by atoms with Crippen molar-refractivity contribution in [3.63, 3.8) is 0 Å². The molecule has 0 bridgehead atoms. The Balaban J connectivity index is 1.89. The fraction of sp³-hybridized carbons (Fsp3) is 0.462. The van der Waals surface area contributed by atoms with E-state index < -0.39 is 52.5 Å². The van der Waals surface area contributed by atoms with Crippen LogP contribution in [0.25, 0.3) is 0 Å². The Hall–Kier alpha value is -1.73. The Morgan fingerprint density at radius 3 is 2.48 bits per heavy atom. The van der Waals surface area contributed by atoms with E-state index in [0.29, 0.717) is 5.56 Å². The van der Waals surface area contributed by atoms with E-state index in [1.165, 1.54) is 12.1 Å². The van der Waals surface area contributed by atoms with Crippen LogP contribution in [0.5, 0.6) is 0 Å². The number of esters is 1. The number of aliphatic hydroxyl groups is 1. The van der Waals surface area contributed by atoms with Crippen molar-refractivity contribution in [3.05, 3.63) is 35.9 Å². The molecule has 8 nitrogen and oxygen atoms in total. The van der Waals surface area contributed by atoms with Crippen LogP contribution in [0.4, 0.5) is 13.2 Å². The Bertz CT molecular complexity index is 765. The van der Waals surface area contributed by atoms with E-state index in [1.807, 2.05) is 0 Å². The maximum absolute atomic E-state index is 12.5. The second-order valence-corrected chi connectivity index (χ2v) is 6.81. The van der Waals surface area contributed by atoms with E-state index in [-0.39, 0.29) is 0 Å². The molecule has 1 aromatic rings. The zero-order chi connectivity index (χ0) is 18.5. The number of benzene rings is 1. The first-order valence-corrected chi connectivity index (χ1v) is 8.22. The van der Waals surface area contributed by atoms with Gasteiger partial charge in [-0.25, -0.2) is 8.98 Å². The molecule has 1 N–H and O–H groups in total. The minimum absolute atomic E-state index is 0.381. The van der Waals surface area contributed by atoms with Gasteiger partial charge in [-0.3, -0.25) is 0 Å². The summed E-state index contributed by atoms with van der Waals surface area (Å²) in [5.41, 5.74) is -5.41. The average molecular weight is 384 g/mol. The predicted molar refractivity (Wildman–Crippen MR) is 70.9 cm³/mol. The number of fused-ring (bicyclic) bond motifs is 1. The highest BCUT2D eigenvalue weighted by molar-refractivity contribution is 7.87. The third kappa shape index (κ3) is 3.11. The minimum Gasteiger partial charge on any atom is -0.452 e. The predicted octanol–water partition coefficient (Wildman–Crippen LogP) is 0.581. The molecule has 2 aliphatic heterocycles. The van der Waals surface area contributed by atoms with Crippen LogP contribution in [-0.2, 0) is 33.3 Å². The van der Waals surface area contributed by atoms with E-state index in [0.717, 1.165) is 0 Å². The number of rotatable bonds is 3. The molecule has 0 aliphatic carbocycles. The molecule has 0 saturated carbocycles. The molecular formula is C13H11F3O8S. The van der Waals surface area contributed by atoms with E-state index >= 15 is 0 Å². The van der Waals surface area contributed by atoms with Crippen LogP contribution < -0.4 is 0 Å². The van der Waals surface area contributed by atoms with Crippen LogP contribution in [0.15, 0.2) is 30.3 Å². The normalized spacial score (nSPS) is 33.0. The Kier molecular flexibility index (Phi) is 4.28. The highest BCUT2D eigenvalue weighted by atomic mass is 32.2. The van der Waals surface area contributed by atoms with Crippen molar-refractivity contribution >= 4 is 16.1 Å². The summed E-state index contributed by atoms with van der Waals surface area (Å²) < 4.78 is 78.7. The molecule has 4 atom stereocenters. The number of hydrogen-bond acceptors (Lipinski definition) is 8. The van der Waals surface area contributed by atoms with Crippen LogP contribution in [0, 0.1) is 0 Å². The summed E-state index contributed by atoms with van der Waals surface area (Å²) in [4.78, 5) is 11.7. The van der Waals surface area contributed by atoms with Gasteiger partial charge in [0.15, 0.2) is 12.4 Å². The molecule has 12 heteroatoms. The van der Waals surface area contributed by atoms with E-state index in [9.17, 15) is 31.5 Å². The van der Waals surface area contributed by atoms with Gasteiger partial charge in [0.05, 0.1) is 6.61 Å². The molecule has 0 radical (unpaired) electrons. The first-order valence-electron chi connectivity index (χ1n) is 6.81. The monoisotopic (exact) mass is 384 g/mol. The minimum atomic E-state index is -6.17. The third-order valence-corrected chi connectivity index (χ3v) is 4.60. The smallest absolute Gasteiger partial charge is 0.452 e. The zero-order valence-electron chi connectivity index (χ0n) is 12.2. The molecule has 0 aromatic heterocycles. The number of ether oxygens (including phenoxy) is 3. The second-order valence-electron chi connectivity index (χ2n) is 5.25. The highest BCUT2D eigenvalue weighted by Crippen LogP contribution is 2.42. The maximum atomic E-state index is 12.5. The Morgan fingerprint density at radius 1 is 1.24 bits per heavy atom. The van der Waals surface area contributed by atoms with Crippen molar-refractivity contribution in [1.29, 1.82) is 0 Å². The van der Waals surface area contributed by atoms with Crippen LogP contribution in [0.2, 0.25) is 0 Å². The van der Waals surface area contributed by atoms with Crippen molar-refractivity contribution in [2.75, 3.05) is 6.61 Å². The molecular weight excluding hydrogens is 373 g/mol. The summed E-state index contributed by atoms with van der Waals surface area (Å²) >= 11 is 0. The lowest BCUT2D eigenvalue weighted by Crippen LogP contribution is -2.57. The lowest BCUT2D eigenvalue weighted by Gasteiger charge is -2.38. The number of carbonyl (C=O) groups is 1. The topological polar surface area (TPSA) is 108 Å². The molecule has 3 rings (SSSR count). The van der Waals surface area contributed by atoms with Gasteiger partial charge in [0.1, 0.15) is 0 Å². The molecule has 2 aliphatic rings. The third-order valence-electron chi connectivity index (χ3n) is 3.58. The van der Waals surface area contributed by atoms with Gasteiger partial charge in [0.25, 0.3) is 0 Å². The standard InChI is InChI=1S/C13H11F3O8S/c14-13(15,16)25(19,20)24-9-10(17)22-8-6-21-11(23-12(8,9)18)7-4-2-1-3-5-7/h1-5,8-9,11,18H,6H2/t8?,9-,11-,12-/m0/s1. The van der Waals surface area contributed by atoms with Gasteiger partial charge in [0, 0.05) is 5.56 Å². The van der Waals surface area contributed by atoms with Gasteiger partial charge in [-0.15, -0.1) is 0 Å². The first-order chi connectivity index (χ1) is 11.5. The van der Waals surface area contributed by atoms with Gasteiger partial charge < -0.3 is 19.3 Å². The SMILES string of the molecule is O=C1OC2CO[C@H](c3ccccc3)O[C@]2(O)[C@H]1OS(=O)(=O)C(F)(F)F. The number of carbonyl (C=O) groups excluding carboxylic acids is 1. The molecule has 1 unspecified atom stereocenters. The van der Waals surface area contributed by atoms with Gasteiger partial charge >= 0.3 is 21.6 Å². The lowest BCUT2D eigenvalue weighted by molar-refractivity contribution is -0.369. The maximum Gasteiger partial charge on any atom is 0.523 e. The van der Waals surface area contributed by atoms with Crippen molar-refractivity contribution in [1.82, 2.24) is 0 Å². The molecule has 138 valence electrons. The molecule has 0 amide bonds. The van der Waals surface area contributed by atoms with Gasteiger partial charge in [-0.2, -0.15) is 21.6 Å². The van der Waals surface area contributed by atoms with Crippen molar-refractivity contribution < 1.29 is 49.9 Å². The summed E-state index contributed by atoms with van der Waals surface area (Å²) in [6.07, 6.45) is -5.36. The molecule has 25 heavy (non-hydrogen) atoms. The Labute approximate surface area is 139 Å². The van der Waals surface area contributed by atoms with Gasteiger partial charge in [-0.1, -0.05) is 30.3 Å². The Morgan fingerprint density at radius 2 is 1.88 bits per heavy atom. The van der Waals surface area contributed by atoms with E-state index in [2.05, 4.69) is 8.92 Å².